The van der Waals surface area contributed by atoms with E-state index in [0.717, 1.165) is 0 Å². The van der Waals surface area contributed by atoms with E-state index in [9.17, 15) is 0 Å². The van der Waals surface area contributed by atoms with E-state index in [1.54, 1.807) is 0 Å². The highest BCUT2D eigenvalue weighted by molar-refractivity contribution is 7.81. The van der Waals surface area contributed by atoms with E-state index >= 15 is 0 Å². The minimum Gasteiger partial charge on any atom is -0.0622 e. The smallest absolute Gasteiger partial charge is 0.000674 e. The predicted molar refractivity (Wildman–Crippen MR) is 354 cm³/mol. The summed E-state index contributed by atoms with van der Waals surface area (Å²) in [6, 6.07) is 128. The zero-order valence-corrected chi connectivity index (χ0v) is 47.7. The molecule has 13 rings (SSSR count). The zero-order chi connectivity index (χ0) is 53.5. The lowest BCUT2D eigenvalue weighted by Crippen LogP contribution is -2.30. The van der Waals surface area contributed by atoms with Gasteiger partial charge in [-0.15, -0.1) is 0 Å². The van der Waals surface area contributed by atoms with Crippen LogP contribution in [0.25, 0.3) is 22.3 Å². The van der Waals surface area contributed by atoms with Crippen LogP contribution in [0.4, 0.5) is 0 Å². The van der Waals surface area contributed by atoms with Crippen LogP contribution in [0.15, 0.2) is 340 Å². The lowest BCUT2D eigenvalue weighted by atomic mass is 9.69. The summed E-state index contributed by atoms with van der Waals surface area (Å²) in [6.07, 6.45) is 0. The first-order valence-electron chi connectivity index (χ1n) is 27.3. The minimum absolute atomic E-state index is 1.02. The lowest BCUT2D eigenvalue weighted by molar-refractivity contribution is 1.56. The van der Waals surface area contributed by atoms with Crippen molar-refractivity contribution in [3.63, 3.8) is 0 Å². The zero-order valence-electron chi connectivity index (χ0n) is 44.1. The summed E-state index contributed by atoms with van der Waals surface area (Å²) in [7, 11) is -4.09. The average Bonchev–Trinajstić information content (AvgIpc) is 3.60. The predicted octanol–water partition coefficient (Wildman–Crippen LogP) is 14.3. The fourth-order valence-electron chi connectivity index (χ4n) is 11.4. The first kappa shape index (κ1) is 51.3. The Hall–Kier alpha value is -8.16. The van der Waals surface area contributed by atoms with Gasteiger partial charge in [-0.3, -0.25) is 0 Å². The fraction of sp³-hybridized carbons (Fsp3) is 0. The summed E-state index contributed by atoms with van der Waals surface area (Å²) in [5, 5.41) is 15.9. The Morgan fingerprint density at radius 2 is 0.250 bits per heavy atom. The first-order chi connectivity index (χ1) is 39.8. The molecule has 0 saturated carbocycles. The number of hydrogen-bond acceptors (Lipinski definition) is 0. The normalized spacial score (nSPS) is 12.3. The molecule has 0 N–H and O–H groups in total. The molecular formula is C76H56P4. The van der Waals surface area contributed by atoms with Crippen molar-refractivity contribution in [3.05, 3.63) is 362 Å². The van der Waals surface area contributed by atoms with Crippen LogP contribution in [-0.4, -0.2) is 0 Å². The fourth-order valence-corrected chi connectivity index (χ4v) is 21.2. The minimum atomic E-state index is -1.02. The molecule has 12 aromatic rings. The second-order valence-corrected chi connectivity index (χ2v) is 28.3. The van der Waals surface area contributed by atoms with Gasteiger partial charge in [0.25, 0.3) is 0 Å². The Morgan fingerprint density at radius 3 is 0.400 bits per heavy atom. The van der Waals surface area contributed by atoms with Crippen LogP contribution >= 0.6 is 31.7 Å². The molecule has 0 bridgehead atoms. The average molecular weight is 1090 g/mol. The van der Waals surface area contributed by atoms with Crippen molar-refractivity contribution in [2.24, 2.45) is 0 Å². The van der Waals surface area contributed by atoms with Crippen LogP contribution in [0, 0.1) is 0 Å². The third kappa shape index (κ3) is 10.2. The molecule has 0 spiro atoms. The Balaban J connectivity index is 1.18. The number of hydrogen-bond donors (Lipinski definition) is 0. The maximum absolute atomic E-state index is 2.44. The molecule has 0 amide bonds. The maximum atomic E-state index is 2.44. The summed E-state index contributed by atoms with van der Waals surface area (Å²) in [5.74, 6) is 0. The molecule has 0 aliphatic heterocycles. The molecule has 0 radical (unpaired) electrons. The Kier molecular flexibility index (Phi) is 15.4. The van der Waals surface area contributed by atoms with Gasteiger partial charge in [-0.05, 0) is 140 Å². The van der Waals surface area contributed by atoms with E-state index in [1.807, 2.05) is 0 Å². The Bertz CT molecular complexity index is 3390. The summed E-state index contributed by atoms with van der Waals surface area (Å²) >= 11 is 0. The van der Waals surface area contributed by atoms with Crippen LogP contribution in [-0.2, 0) is 0 Å². The van der Waals surface area contributed by atoms with Crippen molar-refractivity contribution in [1.29, 1.82) is 0 Å². The molecule has 0 heterocycles. The molecule has 1 aliphatic rings. The van der Waals surface area contributed by atoms with Gasteiger partial charge in [0.15, 0.2) is 0 Å². The number of rotatable bonds is 16. The van der Waals surface area contributed by atoms with Crippen molar-refractivity contribution < 1.29 is 0 Å². The van der Waals surface area contributed by atoms with Gasteiger partial charge in [0.2, 0.25) is 0 Å². The molecule has 4 heteroatoms. The van der Waals surface area contributed by atoms with Crippen molar-refractivity contribution in [3.8, 4) is 0 Å². The largest absolute Gasteiger partial charge is 0.0622 e. The van der Waals surface area contributed by atoms with E-state index in [2.05, 4.69) is 340 Å². The molecule has 380 valence electrons. The van der Waals surface area contributed by atoms with Crippen molar-refractivity contribution in [1.82, 2.24) is 0 Å². The lowest BCUT2D eigenvalue weighted by Gasteiger charge is -2.39. The van der Waals surface area contributed by atoms with Gasteiger partial charge in [-0.25, -0.2) is 0 Å². The molecule has 80 heavy (non-hydrogen) atoms. The SMILES string of the molecule is c1ccc(P(c2ccccc2)c2ccccc2C2=C(c3ccccc3P(c3ccccc3)c3ccccc3)C(c3ccccc3P(c3ccccc3)c3ccccc3)=C2c2ccccc2P(c2ccccc2)c2ccccc2)cc1. The number of benzene rings is 12. The molecule has 12 aromatic carbocycles. The highest BCUT2D eigenvalue weighted by atomic mass is 31.1. The van der Waals surface area contributed by atoms with Gasteiger partial charge < -0.3 is 0 Å². The van der Waals surface area contributed by atoms with Crippen molar-refractivity contribution in [2.75, 3.05) is 0 Å². The van der Waals surface area contributed by atoms with Gasteiger partial charge in [-0.2, -0.15) is 0 Å². The van der Waals surface area contributed by atoms with E-state index in [-0.39, 0.29) is 0 Å². The summed E-state index contributed by atoms with van der Waals surface area (Å²) in [6.45, 7) is 0. The van der Waals surface area contributed by atoms with Gasteiger partial charge >= 0.3 is 0 Å². The van der Waals surface area contributed by atoms with Crippen LogP contribution in [0.2, 0.25) is 0 Å². The Labute approximate surface area is 476 Å². The highest BCUT2D eigenvalue weighted by Gasteiger charge is 2.40. The molecule has 1 aliphatic carbocycles. The highest BCUT2D eigenvalue weighted by Crippen LogP contribution is 2.59. The van der Waals surface area contributed by atoms with E-state index in [4.69, 9.17) is 0 Å². The van der Waals surface area contributed by atoms with Crippen molar-refractivity contribution >= 4 is 118 Å². The van der Waals surface area contributed by atoms with Crippen LogP contribution in [0.5, 0.6) is 0 Å². The molecule has 0 atom stereocenters. The van der Waals surface area contributed by atoms with E-state index in [0.29, 0.717) is 0 Å². The van der Waals surface area contributed by atoms with Gasteiger partial charge in [0, 0.05) is 0 Å². The van der Waals surface area contributed by atoms with Crippen LogP contribution in [0.3, 0.4) is 0 Å². The van der Waals surface area contributed by atoms with E-state index in [1.165, 1.54) is 108 Å². The van der Waals surface area contributed by atoms with E-state index < -0.39 is 31.7 Å². The molecule has 0 saturated heterocycles. The molecule has 0 nitrogen and oxygen atoms in total. The summed E-state index contributed by atoms with van der Waals surface area (Å²) < 4.78 is 0. The maximum Gasteiger partial charge on any atom is -0.000674 e. The standard InChI is InChI=1S/C76H56P4/c1-9-33-57(34-10-1)77(58-35-11-2-12-36-58)69-53-29-25-49-65(69)73-74(66-50-26-30-54-70(66)78(59-37-13-3-14-38-59)60-39-15-4-16-40-60)76(68-52-28-32-56-72(68)80(63-45-21-7-22-46-63)64-47-23-8-24-48-64)75(73)67-51-27-31-55-71(67)79(61-41-17-5-18-42-61)62-43-19-6-20-44-62/h1-56H. The summed E-state index contributed by atoms with van der Waals surface area (Å²) in [4.78, 5) is 0. The summed E-state index contributed by atoms with van der Waals surface area (Å²) in [5.41, 5.74) is 10.2. The van der Waals surface area contributed by atoms with Gasteiger partial charge in [0.1, 0.15) is 0 Å². The van der Waals surface area contributed by atoms with Gasteiger partial charge in [-0.1, -0.05) is 340 Å². The Morgan fingerprint density at radius 1 is 0.125 bits per heavy atom. The van der Waals surface area contributed by atoms with Crippen LogP contribution < -0.4 is 63.7 Å². The monoisotopic (exact) mass is 1090 g/mol. The topological polar surface area (TPSA) is 0 Å². The third-order valence-corrected chi connectivity index (χ3v) is 24.8. The molecule has 0 unspecified atom stereocenters. The molecule has 0 fully saturated rings. The van der Waals surface area contributed by atoms with Gasteiger partial charge in [0.05, 0.1) is 0 Å². The van der Waals surface area contributed by atoms with Crippen LogP contribution in [0.1, 0.15) is 22.3 Å². The second kappa shape index (κ2) is 24.1. The quantitative estimate of drug-likeness (QED) is 0.0846. The van der Waals surface area contributed by atoms with Crippen molar-refractivity contribution in [2.45, 2.75) is 0 Å². The number of allylic oxidation sites excluding steroid dienone is 4. The third-order valence-electron chi connectivity index (χ3n) is 14.8. The second-order valence-electron chi connectivity index (χ2n) is 19.6. The molecular weight excluding hydrogens is 1040 g/mol. The molecule has 0 aromatic heterocycles. The first-order valence-corrected chi connectivity index (χ1v) is 32.6.